The summed E-state index contributed by atoms with van der Waals surface area (Å²) >= 11 is 0. The second-order valence-corrected chi connectivity index (χ2v) is 11.1. The highest BCUT2D eigenvalue weighted by atomic mass is 16.3. The van der Waals surface area contributed by atoms with E-state index in [4.69, 9.17) is 0 Å². The van der Waals surface area contributed by atoms with Crippen LogP contribution in [0, 0.1) is 0 Å². The van der Waals surface area contributed by atoms with Gasteiger partial charge in [0.05, 0.1) is 11.4 Å². The van der Waals surface area contributed by atoms with Crippen molar-refractivity contribution >= 4 is 78.1 Å². The largest absolute Gasteiger partial charge is 0.508 e. The lowest BCUT2D eigenvalue weighted by Gasteiger charge is -2.30. The SMILES string of the molecule is O=C1c2ccc3c4ccc5c6c(ccc(c7ccc(c2c37)C(=O)N1c1ccc(O)cc1)c64)C(=O)N(c1ccc(O)cc1)C5=O. The Hall–Kier alpha value is -6.28. The third-order valence-corrected chi connectivity index (χ3v) is 8.85. The predicted molar refractivity (Wildman–Crippen MR) is 166 cm³/mol. The van der Waals surface area contributed by atoms with Crippen molar-refractivity contribution < 1.29 is 29.4 Å². The molecule has 7 aromatic rings. The van der Waals surface area contributed by atoms with E-state index in [1.54, 1.807) is 24.3 Å². The first kappa shape index (κ1) is 24.3. The number of carbonyl (C=O) groups excluding carboxylic acids is 4. The molecule has 2 N–H and O–H groups in total. The van der Waals surface area contributed by atoms with Gasteiger partial charge in [0.25, 0.3) is 23.6 Å². The molecule has 8 heteroatoms. The van der Waals surface area contributed by atoms with E-state index in [1.807, 2.05) is 24.3 Å². The van der Waals surface area contributed by atoms with Crippen molar-refractivity contribution in [2.24, 2.45) is 0 Å². The van der Waals surface area contributed by atoms with Crippen LogP contribution in [-0.4, -0.2) is 33.8 Å². The third-order valence-electron chi connectivity index (χ3n) is 8.85. The summed E-state index contributed by atoms with van der Waals surface area (Å²) in [5.41, 5.74) is 2.26. The summed E-state index contributed by atoms with van der Waals surface area (Å²) in [6.45, 7) is 0. The maximum Gasteiger partial charge on any atom is 0.265 e. The summed E-state index contributed by atoms with van der Waals surface area (Å²) in [5, 5.41) is 25.3. The fourth-order valence-electron chi connectivity index (χ4n) is 6.94. The second-order valence-electron chi connectivity index (χ2n) is 11.1. The molecule has 2 aliphatic rings. The molecule has 0 radical (unpaired) electrons. The Labute approximate surface area is 247 Å². The maximum atomic E-state index is 13.8. The van der Waals surface area contributed by atoms with E-state index in [1.165, 1.54) is 48.5 Å². The first-order valence-corrected chi connectivity index (χ1v) is 13.9. The van der Waals surface area contributed by atoms with Gasteiger partial charge < -0.3 is 10.2 Å². The van der Waals surface area contributed by atoms with Gasteiger partial charge in [-0.2, -0.15) is 0 Å². The van der Waals surface area contributed by atoms with Crippen LogP contribution in [0.2, 0.25) is 0 Å². The van der Waals surface area contributed by atoms with Crippen LogP contribution in [-0.2, 0) is 0 Å². The summed E-state index contributed by atoms with van der Waals surface area (Å²) in [5.74, 6) is -1.78. The molecule has 0 unspecified atom stereocenters. The lowest BCUT2D eigenvalue weighted by Crippen LogP contribution is -2.40. The highest BCUT2D eigenvalue weighted by Crippen LogP contribution is 2.47. The molecule has 0 saturated heterocycles. The molecule has 0 aliphatic carbocycles. The molecule has 7 aromatic carbocycles. The average molecular weight is 575 g/mol. The Morgan fingerprint density at radius 3 is 0.886 bits per heavy atom. The van der Waals surface area contributed by atoms with Crippen LogP contribution in [0.3, 0.4) is 0 Å². The molecule has 9 rings (SSSR count). The summed E-state index contributed by atoms with van der Waals surface area (Å²) in [6.07, 6.45) is 0. The second kappa shape index (κ2) is 8.17. The number of hydrogen-bond acceptors (Lipinski definition) is 6. The van der Waals surface area contributed by atoms with Gasteiger partial charge in [-0.15, -0.1) is 0 Å². The molecule has 0 saturated carbocycles. The quantitative estimate of drug-likeness (QED) is 0.134. The normalized spacial score (nSPS) is 14.6. The van der Waals surface area contributed by atoms with E-state index in [9.17, 15) is 29.4 Å². The zero-order valence-corrected chi connectivity index (χ0v) is 22.7. The first-order valence-electron chi connectivity index (χ1n) is 13.9. The van der Waals surface area contributed by atoms with E-state index in [-0.39, 0.29) is 11.5 Å². The number of amides is 4. The third kappa shape index (κ3) is 2.91. The first-order chi connectivity index (χ1) is 21.3. The number of phenols is 2. The van der Waals surface area contributed by atoms with Crippen molar-refractivity contribution in [2.45, 2.75) is 0 Å². The zero-order valence-electron chi connectivity index (χ0n) is 22.7. The number of hydrogen-bond donors (Lipinski definition) is 2. The average Bonchev–Trinajstić information content (AvgIpc) is 3.03. The van der Waals surface area contributed by atoms with Gasteiger partial charge in [-0.3, -0.25) is 19.2 Å². The van der Waals surface area contributed by atoms with E-state index in [2.05, 4.69) is 0 Å². The van der Waals surface area contributed by atoms with Crippen molar-refractivity contribution in [2.75, 3.05) is 9.80 Å². The molecule has 0 spiro atoms. The van der Waals surface area contributed by atoms with Gasteiger partial charge in [-0.25, -0.2) is 9.80 Å². The Bertz CT molecular complexity index is 2190. The Balaban J connectivity index is 1.31. The molecule has 2 heterocycles. The minimum Gasteiger partial charge on any atom is -0.508 e. The highest BCUT2D eigenvalue weighted by molar-refractivity contribution is 6.45. The van der Waals surface area contributed by atoms with Crippen LogP contribution in [0.1, 0.15) is 41.4 Å². The number of benzene rings is 7. The van der Waals surface area contributed by atoms with Crippen LogP contribution in [0.5, 0.6) is 11.5 Å². The van der Waals surface area contributed by atoms with Gasteiger partial charge in [0.2, 0.25) is 0 Å². The molecule has 0 aromatic heterocycles. The highest BCUT2D eigenvalue weighted by Gasteiger charge is 2.37. The van der Waals surface area contributed by atoms with Gasteiger partial charge in [-0.1, -0.05) is 24.3 Å². The number of anilines is 2. The molecule has 8 nitrogen and oxygen atoms in total. The summed E-state index contributed by atoms with van der Waals surface area (Å²) < 4.78 is 0. The molecule has 208 valence electrons. The van der Waals surface area contributed by atoms with Crippen LogP contribution in [0.15, 0.2) is 97.1 Å². The van der Waals surface area contributed by atoms with Crippen molar-refractivity contribution in [3.63, 3.8) is 0 Å². The Kier molecular flexibility index (Phi) is 4.52. The molecular weight excluding hydrogens is 556 g/mol. The number of imide groups is 2. The molecular formula is C36H18N2O6. The molecule has 4 amide bonds. The van der Waals surface area contributed by atoms with E-state index >= 15 is 0 Å². The van der Waals surface area contributed by atoms with Crippen molar-refractivity contribution in [1.29, 1.82) is 0 Å². The van der Waals surface area contributed by atoms with Crippen molar-refractivity contribution in [3.05, 3.63) is 119 Å². The Morgan fingerprint density at radius 2 is 0.614 bits per heavy atom. The monoisotopic (exact) mass is 574 g/mol. The standard InChI is InChI=1S/C36H18N2O6/c39-19-5-1-17(2-6-19)37-33(41)25-13-9-21-23-11-15-27-32-28(36(44)38(35(27)43)18-3-7-20(40)8-4-18)16-12-24(30(23)32)22-10-14-26(34(37)42)31(25)29(21)22/h1-16,39-40H. The molecule has 44 heavy (non-hydrogen) atoms. The molecule has 0 bridgehead atoms. The summed E-state index contributed by atoms with van der Waals surface area (Å²) in [6, 6.07) is 26.1. The van der Waals surface area contributed by atoms with Crippen LogP contribution < -0.4 is 9.80 Å². The predicted octanol–water partition coefficient (Wildman–Crippen LogP) is 6.75. The zero-order chi connectivity index (χ0) is 30.0. The van der Waals surface area contributed by atoms with E-state index in [0.717, 1.165) is 42.1 Å². The van der Waals surface area contributed by atoms with Crippen LogP contribution in [0.25, 0.3) is 43.1 Å². The fraction of sp³-hybridized carbons (Fsp3) is 0. The van der Waals surface area contributed by atoms with Crippen LogP contribution >= 0.6 is 0 Å². The summed E-state index contributed by atoms with van der Waals surface area (Å²) in [7, 11) is 0. The maximum absolute atomic E-state index is 13.8. The van der Waals surface area contributed by atoms with Crippen molar-refractivity contribution in [1.82, 2.24) is 0 Å². The number of fused-ring (bicyclic) bond motifs is 2. The fourth-order valence-corrected chi connectivity index (χ4v) is 6.94. The number of rotatable bonds is 2. The lowest BCUT2D eigenvalue weighted by molar-refractivity contribution is 0.0877. The van der Waals surface area contributed by atoms with Crippen molar-refractivity contribution in [3.8, 4) is 11.5 Å². The van der Waals surface area contributed by atoms with Gasteiger partial charge in [0.1, 0.15) is 11.5 Å². The minimum absolute atomic E-state index is 0.0277. The van der Waals surface area contributed by atoms with E-state index < -0.39 is 23.6 Å². The number of aromatic hydroxyl groups is 2. The number of nitrogens with zero attached hydrogens (tertiary/aromatic N) is 2. The summed E-state index contributed by atoms with van der Waals surface area (Å²) in [4.78, 5) is 57.4. The molecule has 0 atom stereocenters. The van der Waals surface area contributed by atoms with Gasteiger partial charge in [-0.05, 0) is 105 Å². The Morgan fingerprint density at radius 1 is 0.341 bits per heavy atom. The van der Waals surface area contributed by atoms with E-state index in [0.29, 0.717) is 44.4 Å². The molecule has 0 fully saturated rings. The number of carbonyl (C=O) groups is 4. The van der Waals surface area contributed by atoms with Gasteiger partial charge >= 0.3 is 0 Å². The molecule has 2 aliphatic heterocycles. The lowest BCUT2D eigenvalue weighted by atomic mass is 9.82. The van der Waals surface area contributed by atoms with Gasteiger partial charge in [0.15, 0.2) is 0 Å². The van der Waals surface area contributed by atoms with Crippen LogP contribution in [0.4, 0.5) is 11.4 Å². The smallest absolute Gasteiger partial charge is 0.265 e. The van der Waals surface area contributed by atoms with Gasteiger partial charge in [0, 0.05) is 33.0 Å². The number of phenolic OH excluding ortho intramolecular Hbond substituents is 2. The topological polar surface area (TPSA) is 115 Å². The minimum atomic E-state index is -0.460.